The highest BCUT2D eigenvalue weighted by molar-refractivity contribution is 5.78. The highest BCUT2D eigenvalue weighted by atomic mass is 16.5. The number of H-pyrrole nitrogens is 1. The van der Waals surface area contributed by atoms with E-state index in [1.165, 1.54) is 7.11 Å². The molecule has 1 heterocycles. The lowest BCUT2D eigenvalue weighted by molar-refractivity contribution is -0.140. The van der Waals surface area contributed by atoms with E-state index >= 15 is 0 Å². The minimum Gasteiger partial charge on any atom is -0.469 e. The number of ketones is 1. The van der Waals surface area contributed by atoms with Crippen molar-refractivity contribution in [3.63, 3.8) is 0 Å². The molecule has 1 rings (SSSR count). The molecular formula is C12H18N2O3. The maximum absolute atomic E-state index is 11.5. The van der Waals surface area contributed by atoms with E-state index in [4.69, 9.17) is 0 Å². The summed E-state index contributed by atoms with van der Waals surface area (Å²) in [6.07, 6.45) is 6.95. The van der Waals surface area contributed by atoms with E-state index in [9.17, 15) is 9.59 Å². The average molecular weight is 238 g/mol. The molecule has 1 N–H and O–H groups in total. The van der Waals surface area contributed by atoms with E-state index in [1.807, 2.05) is 0 Å². The summed E-state index contributed by atoms with van der Waals surface area (Å²) in [7, 11) is 1.37. The molecule has 0 unspecified atom stereocenters. The van der Waals surface area contributed by atoms with Crippen molar-refractivity contribution < 1.29 is 14.3 Å². The van der Waals surface area contributed by atoms with E-state index in [0.29, 0.717) is 32.1 Å². The van der Waals surface area contributed by atoms with Crippen LogP contribution in [0.1, 0.15) is 37.8 Å². The minimum atomic E-state index is -0.213. The average Bonchev–Trinajstić information content (AvgIpc) is 2.84. The molecule has 0 aliphatic heterocycles. The Balaban J connectivity index is 2.03. The smallest absolute Gasteiger partial charge is 0.305 e. The van der Waals surface area contributed by atoms with Gasteiger partial charge in [-0.15, -0.1) is 0 Å². The van der Waals surface area contributed by atoms with Crippen LogP contribution in [0.3, 0.4) is 0 Å². The highest BCUT2D eigenvalue weighted by Gasteiger charge is 2.05. The summed E-state index contributed by atoms with van der Waals surface area (Å²) < 4.78 is 4.52. The molecule has 5 nitrogen and oxygen atoms in total. The number of hydrogen-bond donors (Lipinski definition) is 1. The second-order valence-corrected chi connectivity index (χ2v) is 3.90. The fourth-order valence-electron chi connectivity index (χ4n) is 1.51. The molecule has 17 heavy (non-hydrogen) atoms. The molecule has 94 valence electrons. The lowest BCUT2D eigenvalue weighted by atomic mass is 10.1. The van der Waals surface area contributed by atoms with E-state index in [1.54, 1.807) is 12.5 Å². The third-order valence-corrected chi connectivity index (χ3v) is 2.54. The molecule has 0 radical (unpaired) electrons. The van der Waals surface area contributed by atoms with Gasteiger partial charge < -0.3 is 9.72 Å². The molecule has 0 aliphatic rings. The Morgan fingerprint density at radius 1 is 1.29 bits per heavy atom. The zero-order valence-electron chi connectivity index (χ0n) is 10.1. The monoisotopic (exact) mass is 238 g/mol. The van der Waals surface area contributed by atoms with E-state index in [-0.39, 0.29) is 11.8 Å². The number of rotatable bonds is 8. The number of methoxy groups -OCH3 is 1. The second-order valence-electron chi connectivity index (χ2n) is 3.90. The van der Waals surface area contributed by atoms with Crippen molar-refractivity contribution in [1.29, 1.82) is 0 Å². The topological polar surface area (TPSA) is 72.1 Å². The van der Waals surface area contributed by atoms with Crippen LogP contribution in [0.25, 0.3) is 0 Å². The summed E-state index contributed by atoms with van der Waals surface area (Å²) in [6.45, 7) is 0. The van der Waals surface area contributed by atoms with Gasteiger partial charge in [0.1, 0.15) is 5.78 Å². The van der Waals surface area contributed by atoms with Crippen LogP contribution < -0.4 is 0 Å². The molecule has 0 atom stereocenters. The lowest BCUT2D eigenvalue weighted by Crippen LogP contribution is -2.03. The Bertz CT molecular complexity index is 347. The number of nitrogens with zero attached hydrogens (tertiary/aromatic N) is 1. The van der Waals surface area contributed by atoms with Gasteiger partial charge in [-0.05, 0) is 19.3 Å². The van der Waals surface area contributed by atoms with Gasteiger partial charge in [0.05, 0.1) is 13.4 Å². The van der Waals surface area contributed by atoms with Gasteiger partial charge in [-0.1, -0.05) is 0 Å². The number of carbonyl (C=O) groups is 2. The van der Waals surface area contributed by atoms with Crippen LogP contribution in [0.15, 0.2) is 12.5 Å². The largest absolute Gasteiger partial charge is 0.469 e. The molecule has 0 saturated heterocycles. The van der Waals surface area contributed by atoms with E-state index in [0.717, 1.165) is 12.1 Å². The number of aromatic nitrogens is 2. The molecule has 0 amide bonds. The molecule has 0 saturated carbocycles. The van der Waals surface area contributed by atoms with Gasteiger partial charge >= 0.3 is 5.97 Å². The molecule has 0 fully saturated rings. The minimum absolute atomic E-state index is 0.213. The maximum atomic E-state index is 11.5. The summed E-state index contributed by atoms with van der Waals surface area (Å²) >= 11 is 0. The van der Waals surface area contributed by atoms with E-state index in [2.05, 4.69) is 14.7 Å². The van der Waals surface area contributed by atoms with Crippen molar-refractivity contribution in [3.05, 3.63) is 18.2 Å². The van der Waals surface area contributed by atoms with Crippen LogP contribution in [0.4, 0.5) is 0 Å². The quantitative estimate of drug-likeness (QED) is 0.552. The van der Waals surface area contributed by atoms with Gasteiger partial charge in [0, 0.05) is 31.2 Å². The van der Waals surface area contributed by atoms with Gasteiger partial charge in [0.25, 0.3) is 0 Å². The highest BCUT2D eigenvalue weighted by Crippen LogP contribution is 2.05. The Labute approximate surface area is 101 Å². The van der Waals surface area contributed by atoms with Crippen LogP contribution in [-0.4, -0.2) is 28.8 Å². The molecule has 0 spiro atoms. The van der Waals surface area contributed by atoms with Crippen LogP contribution in [-0.2, 0) is 20.7 Å². The number of aromatic amines is 1. The van der Waals surface area contributed by atoms with Crippen molar-refractivity contribution in [2.24, 2.45) is 0 Å². The van der Waals surface area contributed by atoms with Crippen molar-refractivity contribution in [2.45, 2.75) is 38.5 Å². The van der Waals surface area contributed by atoms with E-state index < -0.39 is 0 Å². The molecule has 0 aliphatic carbocycles. The Morgan fingerprint density at radius 2 is 2.06 bits per heavy atom. The Morgan fingerprint density at radius 3 is 2.71 bits per heavy atom. The number of aryl methyl sites for hydroxylation is 1. The molecule has 0 aromatic carbocycles. The number of hydrogen-bond acceptors (Lipinski definition) is 4. The first-order valence-electron chi connectivity index (χ1n) is 5.78. The fraction of sp³-hybridized carbons (Fsp3) is 0.583. The van der Waals surface area contributed by atoms with Crippen molar-refractivity contribution in [1.82, 2.24) is 9.97 Å². The van der Waals surface area contributed by atoms with Crippen LogP contribution in [0.2, 0.25) is 0 Å². The summed E-state index contributed by atoms with van der Waals surface area (Å²) in [5.74, 6) is 0.0133. The first-order chi connectivity index (χ1) is 8.22. The van der Waals surface area contributed by atoms with Gasteiger partial charge in [-0.25, -0.2) is 4.98 Å². The summed E-state index contributed by atoms with van der Waals surface area (Å²) in [5.41, 5.74) is 0.980. The molecule has 5 heteroatoms. The number of carbonyl (C=O) groups excluding carboxylic acids is 2. The fourth-order valence-corrected chi connectivity index (χ4v) is 1.51. The summed E-state index contributed by atoms with van der Waals surface area (Å²) in [5, 5.41) is 0. The zero-order chi connectivity index (χ0) is 12.5. The van der Waals surface area contributed by atoms with Crippen molar-refractivity contribution in [2.75, 3.05) is 7.11 Å². The second kappa shape index (κ2) is 7.60. The van der Waals surface area contributed by atoms with Crippen LogP contribution in [0.5, 0.6) is 0 Å². The molecular weight excluding hydrogens is 220 g/mol. The SMILES string of the molecule is COC(=O)CCCCC(=O)CCc1cnc[nH]1. The van der Waals surface area contributed by atoms with Gasteiger partial charge in [-0.2, -0.15) is 0 Å². The van der Waals surface area contributed by atoms with Crippen molar-refractivity contribution >= 4 is 11.8 Å². The normalized spacial score (nSPS) is 10.2. The Hall–Kier alpha value is -1.65. The van der Waals surface area contributed by atoms with Gasteiger partial charge in [-0.3, -0.25) is 9.59 Å². The summed E-state index contributed by atoms with van der Waals surface area (Å²) in [6, 6.07) is 0. The predicted octanol–water partition coefficient (Wildman–Crippen LogP) is 1.64. The summed E-state index contributed by atoms with van der Waals surface area (Å²) in [4.78, 5) is 29.2. The van der Waals surface area contributed by atoms with Crippen LogP contribution in [0, 0.1) is 0 Å². The lowest BCUT2D eigenvalue weighted by Gasteiger charge is -2.00. The standard InChI is InChI=1S/C12H18N2O3/c1-17-12(16)5-3-2-4-11(15)7-6-10-8-13-9-14-10/h8-9H,2-7H2,1H3,(H,13,14). The number of esters is 1. The zero-order valence-corrected chi connectivity index (χ0v) is 10.1. The maximum Gasteiger partial charge on any atom is 0.305 e. The number of Topliss-reactive ketones (excluding diaryl/α,β-unsaturated/α-hetero) is 1. The first-order valence-corrected chi connectivity index (χ1v) is 5.78. The first kappa shape index (κ1) is 13.4. The number of imidazole rings is 1. The van der Waals surface area contributed by atoms with Crippen molar-refractivity contribution in [3.8, 4) is 0 Å². The molecule has 0 bridgehead atoms. The third kappa shape index (κ3) is 5.85. The molecule has 1 aromatic heterocycles. The number of unbranched alkanes of at least 4 members (excludes halogenated alkanes) is 1. The third-order valence-electron chi connectivity index (χ3n) is 2.54. The van der Waals surface area contributed by atoms with Crippen LogP contribution >= 0.6 is 0 Å². The number of ether oxygens (including phenoxy) is 1. The Kier molecular flexibility index (Phi) is 5.99. The van der Waals surface area contributed by atoms with Gasteiger partial charge in [0.15, 0.2) is 0 Å². The molecule has 1 aromatic rings. The number of nitrogens with one attached hydrogen (secondary N) is 1. The predicted molar refractivity (Wildman–Crippen MR) is 62.4 cm³/mol. The van der Waals surface area contributed by atoms with Gasteiger partial charge in [0.2, 0.25) is 0 Å².